The van der Waals surface area contributed by atoms with Crippen molar-refractivity contribution in [2.45, 2.75) is 45.4 Å². The lowest BCUT2D eigenvalue weighted by molar-refractivity contribution is -0.0268. The average molecular weight is 669 g/mol. The molecule has 0 aliphatic heterocycles. The van der Waals surface area contributed by atoms with Crippen molar-refractivity contribution in [1.29, 1.82) is 0 Å². The van der Waals surface area contributed by atoms with Gasteiger partial charge in [-0.25, -0.2) is 0 Å². The van der Waals surface area contributed by atoms with E-state index in [1.165, 1.54) is 32.1 Å². The number of ether oxygens (including phenoxy) is 10. The van der Waals surface area contributed by atoms with E-state index in [0.29, 0.717) is 126 Å². The molecule has 0 atom stereocenters. The third kappa shape index (κ3) is 53.9. The molecule has 0 aromatic rings. The summed E-state index contributed by atoms with van der Waals surface area (Å²) in [6, 6.07) is 0. The van der Waals surface area contributed by atoms with Gasteiger partial charge >= 0.3 is 10.4 Å². The molecule has 0 saturated heterocycles. The van der Waals surface area contributed by atoms with E-state index in [2.05, 4.69) is 6.92 Å². The molecule has 0 aliphatic rings. The molecule has 44 heavy (non-hydrogen) atoms. The van der Waals surface area contributed by atoms with Gasteiger partial charge < -0.3 is 52.5 Å². The van der Waals surface area contributed by atoms with Crippen molar-refractivity contribution < 1.29 is 70.0 Å². The normalized spacial score (nSPS) is 11.5. The highest BCUT2D eigenvalue weighted by Gasteiger charge is 1.96. The topological polar surface area (TPSA) is 187 Å². The first-order valence-electron chi connectivity index (χ1n) is 15.5. The van der Waals surface area contributed by atoms with Gasteiger partial charge in [0.1, 0.15) is 0 Å². The number of aliphatic hydroxyl groups is 1. The van der Waals surface area contributed by atoms with Crippen molar-refractivity contribution in [3.05, 3.63) is 0 Å². The van der Waals surface area contributed by atoms with Crippen LogP contribution in [0.1, 0.15) is 45.4 Å². The van der Waals surface area contributed by atoms with E-state index in [0.717, 1.165) is 13.0 Å². The fourth-order valence-electron chi connectivity index (χ4n) is 3.13. The number of unbranched alkanes of at least 4 members (excludes halogenated alkanes) is 5. The van der Waals surface area contributed by atoms with Gasteiger partial charge in [0.15, 0.2) is 0 Å². The first-order chi connectivity index (χ1) is 21.4. The summed E-state index contributed by atoms with van der Waals surface area (Å²) in [4.78, 5) is 0. The number of rotatable bonds is 36. The molecule has 0 bridgehead atoms. The molecule has 15 nitrogen and oxygen atoms in total. The first-order valence-corrected chi connectivity index (χ1v) is 16.9. The Balaban J connectivity index is 0. The second-order valence-electron chi connectivity index (χ2n) is 9.06. The van der Waals surface area contributed by atoms with Gasteiger partial charge in [-0.1, -0.05) is 39.0 Å². The lowest BCUT2D eigenvalue weighted by atomic mass is 10.1. The van der Waals surface area contributed by atoms with Crippen LogP contribution in [0.5, 0.6) is 0 Å². The number of hydrogen-bond acceptors (Lipinski definition) is 13. The lowest BCUT2D eigenvalue weighted by Crippen LogP contribution is -2.15. The molecular formula is C28H60O15S. The van der Waals surface area contributed by atoms with Gasteiger partial charge in [-0.15, -0.1) is 0 Å². The molecule has 0 aliphatic carbocycles. The molecule has 0 radical (unpaired) electrons. The average Bonchev–Trinajstić information content (AvgIpc) is 2.98. The summed E-state index contributed by atoms with van der Waals surface area (Å²) in [5.74, 6) is 0. The zero-order chi connectivity index (χ0) is 32.7. The van der Waals surface area contributed by atoms with Crippen molar-refractivity contribution in [2.75, 3.05) is 139 Å². The van der Waals surface area contributed by atoms with E-state index < -0.39 is 10.4 Å². The second-order valence-corrected chi connectivity index (χ2v) is 9.96. The molecule has 268 valence electrons. The molecule has 0 aromatic heterocycles. The highest BCUT2D eigenvalue weighted by atomic mass is 32.3. The Labute approximate surface area is 264 Å². The van der Waals surface area contributed by atoms with E-state index in [4.69, 9.17) is 70.0 Å². The largest absolute Gasteiger partial charge is 0.394 e. The van der Waals surface area contributed by atoms with E-state index in [1.54, 1.807) is 0 Å². The zero-order valence-electron chi connectivity index (χ0n) is 26.7. The Morgan fingerprint density at radius 1 is 0.364 bits per heavy atom. The van der Waals surface area contributed by atoms with Gasteiger partial charge in [0, 0.05) is 6.61 Å². The lowest BCUT2D eigenvalue weighted by Gasteiger charge is -2.09. The number of aliphatic hydroxyl groups excluding tert-OH is 1. The van der Waals surface area contributed by atoms with Gasteiger partial charge in [0.25, 0.3) is 0 Å². The van der Waals surface area contributed by atoms with Gasteiger partial charge in [-0.05, 0) is 6.42 Å². The summed E-state index contributed by atoms with van der Waals surface area (Å²) < 4.78 is 85.8. The Morgan fingerprint density at radius 3 is 0.818 bits per heavy atom. The van der Waals surface area contributed by atoms with Crippen LogP contribution in [0.3, 0.4) is 0 Å². The predicted molar refractivity (Wildman–Crippen MR) is 163 cm³/mol. The number of hydrogen-bond donors (Lipinski definition) is 3. The maximum atomic E-state index is 8.74. The van der Waals surface area contributed by atoms with Crippen LogP contribution in [-0.4, -0.2) is 161 Å². The molecule has 0 saturated carbocycles. The SMILES string of the molecule is CCCCCCCCOCCOCCOCCOCCOCCOCCOCCOCCOCCOCCO.O=S(=O)(O)O. The monoisotopic (exact) mass is 668 g/mol. The summed E-state index contributed by atoms with van der Waals surface area (Å²) in [5, 5.41) is 8.56. The van der Waals surface area contributed by atoms with Crippen LogP contribution in [0.15, 0.2) is 0 Å². The maximum absolute atomic E-state index is 8.74. The minimum Gasteiger partial charge on any atom is -0.394 e. The van der Waals surface area contributed by atoms with Gasteiger partial charge in [-0.3, -0.25) is 9.11 Å². The highest BCUT2D eigenvalue weighted by molar-refractivity contribution is 7.79. The summed E-state index contributed by atoms with van der Waals surface area (Å²) in [7, 11) is -4.67. The smallest absolute Gasteiger partial charge is 0.394 e. The summed E-state index contributed by atoms with van der Waals surface area (Å²) in [6.45, 7) is 13.1. The summed E-state index contributed by atoms with van der Waals surface area (Å²) in [6.07, 6.45) is 7.69. The van der Waals surface area contributed by atoms with Crippen LogP contribution in [-0.2, 0) is 57.8 Å². The van der Waals surface area contributed by atoms with Crippen molar-refractivity contribution in [3.63, 3.8) is 0 Å². The molecule has 0 aromatic carbocycles. The fourth-order valence-corrected chi connectivity index (χ4v) is 3.13. The van der Waals surface area contributed by atoms with E-state index in [-0.39, 0.29) is 6.61 Å². The molecule has 0 amide bonds. The van der Waals surface area contributed by atoms with Gasteiger partial charge in [0.05, 0.1) is 132 Å². The third-order valence-electron chi connectivity index (χ3n) is 5.23. The van der Waals surface area contributed by atoms with Crippen molar-refractivity contribution in [3.8, 4) is 0 Å². The fraction of sp³-hybridized carbons (Fsp3) is 1.00. The van der Waals surface area contributed by atoms with Crippen LogP contribution in [0.2, 0.25) is 0 Å². The third-order valence-corrected chi connectivity index (χ3v) is 5.23. The Bertz CT molecular complexity index is 570. The van der Waals surface area contributed by atoms with Crippen LogP contribution in [0.4, 0.5) is 0 Å². The van der Waals surface area contributed by atoms with Gasteiger partial charge in [0.2, 0.25) is 0 Å². The molecule has 0 spiro atoms. The highest BCUT2D eigenvalue weighted by Crippen LogP contribution is 2.04. The van der Waals surface area contributed by atoms with E-state index >= 15 is 0 Å². The molecule has 0 fully saturated rings. The minimum absolute atomic E-state index is 0.0303. The Morgan fingerprint density at radius 2 is 0.568 bits per heavy atom. The van der Waals surface area contributed by atoms with E-state index in [1.807, 2.05) is 0 Å². The second kappa shape index (κ2) is 40.5. The molecule has 0 unspecified atom stereocenters. The van der Waals surface area contributed by atoms with Crippen LogP contribution < -0.4 is 0 Å². The molecule has 3 N–H and O–H groups in total. The summed E-state index contributed by atoms with van der Waals surface area (Å²) >= 11 is 0. The molecule has 0 rings (SSSR count). The maximum Gasteiger partial charge on any atom is 0.394 e. The molecule has 0 heterocycles. The quantitative estimate of drug-likeness (QED) is 0.0648. The van der Waals surface area contributed by atoms with Crippen molar-refractivity contribution in [2.24, 2.45) is 0 Å². The zero-order valence-corrected chi connectivity index (χ0v) is 27.6. The van der Waals surface area contributed by atoms with Crippen LogP contribution in [0, 0.1) is 0 Å². The van der Waals surface area contributed by atoms with Crippen molar-refractivity contribution >= 4 is 10.4 Å². The van der Waals surface area contributed by atoms with Crippen molar-refractivity contribution in [1.82, 2.24) is 0 Å². The summed E-state index contributed by atoms with van der Waals surface area (Å²) in [5.41, 5.74) is 0. The standard InChI is InChI=1S/C28H58O11.H2O4S/c1-2-3-4-5-6-7-9-30-11-13-32-15-17-34-19-21-36-23-25-38-27-28-39-26-24-37-22-20-35-18-16-33-14-12-31-10-8-29;1-5(2,3)4/h29H,2-28H2,1H3;(H2,1,2,3,4). The Kier molecular flexibility index (Phi) is 41.9. The molecule has 16 heteroatoms. The van der Waals surface area contributed by atoms with E-state index in [9.17, 15) is 0 Å². The Hall–Kier alpha value is -0.570. The molecular weight excluding hydrogens is 608 g/mol. The predicted octanol–water partition coefficient (Wildman–Crippen LogP) is 1.85. The van der Waals surface area contributed by atoms with Gasteiger partial charge in [-0.2, -0.15) is 8.42 Å². The minimum atomic E-state index is -4.67. The van der Waals surface area contributed by atoms with Crippen LogP contribution in [0.25, 0.3) is 0 Å². The van der Waals surface area contributed by atoms with Crippen LogP contribution >= 0.6 is 0 Å². The first kappa shape index (κ1) is 45.6.